The average Bonchev–Trinajstić information content (AvgIpc) is 2.37. The molecule has 0 radical (unpaired) electrons. The van der Waals surface area contributed by atoms with E-state index >= 15 is 0 Å². The van der Waals surface area contributed by atoms with Gasteiger partial charge in [0, 0.05) is 26.5 Å². The molecule has 0 bridgehead atoms. The Morgan fingerprint density at radius 1 is 1.21 bits per heavy atom. The Hall–Kier alpha value is -1.11. The monoisotopic (exact) mass is 287 g/mol. The van der Waals surface area contributed by atoms with Crippen molar-refractivity contribution in [3.05, 3.63) is 24.3 Å². The van der Waals surface area contributed by atoms with Crippen molar-refractivity contribution in [1.29, 1.82) is 0 Å². The number of ether oxygens (including phenoxy) is 2. The first-order valence-corrected chi connectivity index (χ1v) is 8.06. The number of sulfone groups is 1. The lowest BCUT2D eigenvalue weighted by atomic mass is 10.3. The third kappa shape index (κ3) is 6.56. The van der Waals surface area contributed by atoms with E-state index in [4.69, 9.17) is 9.47 Å². The van der Waals surface area contributed by atoms with Gasteiger partial charge < -0.3 is 14.8 Å². The fraction of sp³-hybridized carbons (Fsp3) is 0.538. The fourth-order valence-corrected chi connectivity index (χ4v) is 2.16. The van der Waals surface area contributed by atoms with Crippen LogP contribution in [0.3, 0.4) is 0 Å². The number of rotatable bonds is 9. The Bertz CT molecular complexity index is 473. The van der Waals surface area contributed by atoms with E-state index in [0.717, 1.165) is 19.6 Å². The highest BCUT2D eigenvalue weighted by molar-refractivity contribution is 7.90. The summed E-state index contributed by atoms with van der Waals surface area (Å²) in [6, 6.07) is 6.53. The van der Waals surface area contributed by atoms with Crippen molar-refractivity contribution in [2.75, 3.05) is 39.7 Å². The molecular weight excluding hydrogens is 266 g/mol. The second kappa shape index (κ2) is 8.14. The predicted molar refractivity (Wildman–Crippen MR) is 74.4 cm³/mol. The molecule has 1 aromatic carbocycles. The van der Waals surface area contributed by atoms with Crippen LogP contribution in [0.2, 0.25) is 0 Å². The molecule has 0 aliphatic heterocycles. The highest BCUT2D eigenvalue weighted by atomic mass is 32.2. The smallest absolute Gasteiger partial charge is 0.175 e. The zero-order valence-corrected chi connectivity index (χ0v) is 12.2. The van der Waals surface area contributed by atoms with E-state index in [1.807, 2.05) is 0 Å². The lowest BCUT2D eigenvalue weighted by Crippen LogP contribution is -2.22. The molecule has 0 aliphatic carbocycles. The number of hydrogen-bond donors (Lipinski definition) is 1. The van der Waals surface area contributed by atoms with Crippen LogP contribution < -0.4 is 10.1 Å². The molecule has 0 aromatic heterocycles. The summed E-state index contributed by atoms with van der Waals surface area (Å²) in [5, 5.41) is 3.21. The van der Waals surface area contributed by atoms with Gasteiger partial charge in [-0.15, -0.1) is 0 Å². The molecule has 0 saturated carbocycles. The molecule has 0 amide bonds. The number of methoxy groups -OCH3 is 1. The molecule has 0 fully saturated rings. The summed E-state index contributed by atoms with van der Waals surface area (Å²) in [6.07, 6.45) is 2.14. The minimum atomic E-state index is -3.18. The van der Waals surface area contributed by atoms with E-state index in [1.165, 1.54) is 6.26 Å². The highest BCUT2D eigenvalue weighted by Crippen LogP contribution is 2.16. The van der Waals surface area contributed by atoms with Gasteiger partial charge in [0.2, 0.25) is 0 Å². The van der Waals surface area contributed by atoms with Gasteiger partial charge >= 0.3 is 0 Å². The van der Waals surface area contributed by atoms with E-state index in [0.29, 0.717) is 18.9 Å². The molecule has 6 heteroatoms. The number of benzene rings is 1. The summed E-state index contributed by atoms with van der Waals surface area (Å²) < 4.78 is 33.2. The van der Waals surface area contributed by atoms with Gasteiger partial charge in [0.1, 0.15) is 12.4 Å². The summed E-state index contributed by atoms with van der Waals surface area (Å²) in [7, 11) is -1.50. The van der Waals surface area contributed by atoms with Crippen LogP contribution in [0.4, 0.5) is 0 Å². The maximum Gasteiger partial charge on any atom is 0.175 e. The van der Waals surface area contributed by atoms with E-state index < -0.39 is 9.84 Å². The van der Waals surface area contributed by atoms with Crippen LogP contribution in [-0.4, -0.2) is 48.1 Å². The van der Waals surface area contributed by atoms with Gasteiger partial charge in [-0.3, -0.25) is 0 Å². The van der Waals surface area contributed by atoms with E-state index in [2.05, 4.69) is 5.32 Å². The Balaban J connectivity index is 2.30. The third-order valence-corrected chi connectivity index (χ3v) is 3.59. The van der Waals surface area contributed by atoms with Gasteiger partial charge in [-0.2, -0.15) is 0 Å². The maximum atomic E-state index is 11.4. The Morgan fingerprint density at radius 2 is 2.00 bits per heavy atom. The van der Waals surface area contributed by atoms with Gasteiger partial charge in [-0.1, -0.05) is 6.07 Å². The molecule has 1 rings (SSSR count). The molecule has 0 spiro atoms. The fourth-order valence-electron chi connectivity index (χ4n) is 1.50. The molecule has 0 atom stereocenters. The minimum Gasteiger partial charge on any atom is -0.492 e. The van der Waals surface area contributed by atoms with Gasteiger partial charge in [0.15, 0.2) is 9.84 Å². The van der Waals surface area contributed by atoms with Crippen LogP contribution in [0.1, 0.15) is 6.42 Å². The quantitative estimate of drug-likeness (QED) is 0.689. The van der Waals surface area contributed by atoms with Crippen molar-refractivity contribution < 1.29 is 17.9 Å². The van der Waals surface area contributed by atoms with Crippen molar-refractivity contribution >= 4 is 9.84 Å². The first kappa shape index (κ1) is 15.9. The van der Waals surface area contributed by atoms with Gasteiger partial charge in [0.25, 0.3) is 0 Å². The van der Waals surface area contributed by atoms with Gasteiger partial charge in [-0.05, 0) is 31.2 Å². The Kier molecular flexibility index (Phi) is 6.83. The summed E-state index contributed by atoms with van der Waals surface area (Å²) in [5.74, 6) is 0.571. The number of nitrogens with one attached hydrogen (secondary N) is 1. The van der Waals surface area contributed by atoms with Crippen LogP contribution in [0.15, 0.2) is 29.2 Å². The number of hydrogen-bond acceptors (Lipinski definition) is 5. The lowest BCUT2D eigenvalue weighted by Gasteiger charge is -2.08. The zero-order valence-electron chi connectivity index (χ0n) is 11.4. The normalized spacial score (nSPS) is 11.5. The molecule has 5 nitrogen and oxygen atoms in total. The molecule has 1 aromatic rings. The summed E-state index contributed by atoms with van der Waals surface area (Å²) in [4.78, 5) is 0.276. The largest absolute Gasteiger partial charge is 0.492 e. The van der Waals surface area contributed by atoms with E-state index in [-0.39, 0.29) is 4.90 Å². The van der Waals surface area contributed by atoms with Crippen molar-refractivity contribution in [3.63, 3.8) is 0 Å². The molecule has 19 heavy (non-hydrogen) atoms. The van der Waals surface area contributed by atoms with Crippen molar-refractivity contribution in [2.24, 2.45) is 0 Å². The van der Waals surface area contributed by atoms with Crippen molar-refractivity contribution in [3.8, 4) is 5.75 Å². The minimum absolute atomic E-state index is 0.276. The van der Waals surface area contributed by atoms with Crippen LogP contribution in [0.5, 0.6) is 5.75 Å². The molecule has 0 aliphatic rings. The van der Waals surface area contributed by atoms with Crippen LogP contribution in [-0.2, 0) is 14.6 Å². The van der Waals surface area contributed by atoms with E-state index in [9.17, 15) is 8.42 Å². The first-order chi connectivity index (χ1) is 9.04. The maximum absolute atomic E-state index is 11.4. The highest BCUT2D eigenvalue weighted by Gasteiger charge is 2.07. The Morgan fingerprint density at radius 3 is 2.68 bits per heavy atom. The zero-order chi connectivity index (χ0) is 14.1. The van der Waals surface area contributed by atoms with Crippen molar-refractivity contribution in [1.82, 2.24) is 5.32 Å². The van der Waals surface area contributed by atoms with E-state index in [1.54, 1.807) is 31.4 Å². The summed E-state index contributed by atoms with van der Waals surface area (Å²) in [6.45, 7) is 2.83. The topological polar surface area (TPSA) is 64.6 Å². The van der Waals surface area contributed by atoms with Crippen LogP contribution >= 0.6 is 0 Å². The van der Waals surface area contributed by atoms with Gasteiger partial charge in [-0.25, -0.2) is 8.42 Å². The van der Waals surface area contributed by atoms with Gasteiger partial charge in [0.05, 0.1) is 4.90 Å². The van der Waals surface area contributed by atoms with Crippen LogP contribution in [0, 0.1) is 0 Å². The standard InChI is InChI=1S/C13H21NO4S/c1-17-9-4-7-14-8-10-18-12-5-3-6-13(11-12)19(2,15)16/h3,5-6,11,14H,4,7-10H2,1-2H3. The molecule has 108 valence electrons. The molecular formula is C13H21NO4S. The lowest BCUT2D eigenvalue weighted by molar-refractivity contribution is 0.193. The summed E-state index contributed by atoms with van der Waals surface area (Å²) in [5.41, 5.74) is 0. The SMILES string of the molecule is COCCCNCCOc1cccc(S(C)(=O)=O)c1. The molecule has 0 saturated heterocycles. The van der Waals surface area contributed by atoms with Crippen LogP contribution in [0.25, 0.3) is 0 Å². The average molecular weight is 287 g/mol. The molecule has 0 unspecified atom stereocenters. The second-order valence-corrected chi connectivity index (χ2v) is 6.21. The molecule has 1 N–H and O–H groups in total. The predicted octanol–water partition coefficient (Wildman–Crippen LogP) is 1.09. The Labute approximate surface area is 114 Å². The first-order valence-electron chi connectivity index (χ1n) is 6.16. The second-order valence-electron chi connectivity index (χ2n) is 4.19. The van der Waals surface area contributed by atoms with Crippen molar-refractivity contribution in [2.45, 2.75) is 11.3 Å². The third-order valence-electron chi connectivity index (χ3n) is 2.48. The summed E-state index contributed by atoms with van der Waals surface area (Å²) >= 11 is 0. The molecule has 0 heterocycles.